The SMILES string of the molecule is NCCN1CCNCC1=CCO. The normalized spacial score (nSPS) is 21.8. The van der Waals surface area contributed by atoms with E-state index in [1.807, 2.05) is 6.08 Å². The second-order valence-corrected chi connectivity index (χ2v) is 2.83. The van der Waals surface area contributed by atoms with Crippen LogP contribution in [-0.2, 0) is 0 Å². The molecule has 1 aliphatic rings. The lowest BCUT2D eigenvalue weighted by molar-refractivity contribution is 0.294. The fourth-order valence-electron chi connectivity index (χ4n) is 1.40. The Bertz CT molecular complexity index is 156. The Labute approximate surface area is 73.0 Å². The van der Waals surface area contributed by atoms with Crippen molar-refractivity contribution in [3.8, 4) is 0 Å². The maximum Gasteiger partial charge on any atom is 0.0632 e. The number of rotatable bonds is 3. The van der Waals surface area contributed by atoms with Crippen LogP contribution in [0, 0.1) is 0 Å². The van der Waals surface area contributed by atoms with E-state index in [1.54, 1.807) is 0 Å². The maximum absolute atomic E-state index is 8.74. The van der Waals surface area contributed by atoms with Gasteiger partial charge in [-0.2, -0.15) is 0 Å². The fraction of sp³-hybridized carbons (Fsp3) is 0.750. The van der Waals surface area contributed by atoms with Crippen LogP contribution in [0.4, 0.5) is 0 Å². The molecule has 0 aromatic heterocycles. The third-order valence-electron chi connectivity index (χ3n) is 2.00. The summed E-state index contributed by atoms with van der Waals surface area (Å²) >= 11 is 0. The number of aliphatic hydroxyl groups excluding tert-OH is 1. The van der Waals surface area contributed by atoms with Gasteiger partial charge in [0.1, 0.15) is 0 Å². The molecule has 70 valence electrons. The molecular weight excluding hydrogens is 154 g/mol. The summed E-state index contributed by atoms with van der Waals surface area (Å²) in [5, 5.41) is 12.0. The highest BCUT2D eigenvalue weighted by molar-refractivity contribution is 5.06. The first-order chi connectivity index (χ1) is 5.88. The van der Waals surface area contributed by atoms with Gasteiger partial charge in [-0.15, -0.1) is 0 Å². The van der Waals surface area contributed by atoms with Crippen LogP contribution in [0.5, 0.6) is 0 Å². The van der Waals surface area contributed by atoms with Gasteiger partial charge in [-0.25, -0.2) is 0 Å². The topological polar surface area (TPSA) is 61.5 Å². The molecule has 4 heteroatoms. The number of hydrogen-bond acceptors (Lipinski definition) is 4. The molecule has 0 aliphatic carbocycles. The fourth-order valence-corrected chi connectivity index (χ4v) is 1.40. The van der Waals surface area contributed by atoms with Gasteiger partial charge in [-0.1, -0.05) is 0 Å². The molecule has 0 aromatic rings. The first-order valence-electron chi connectivity index (χ1n) is 4.34. The molecule has 0 radical (unpaired) electrons. The van der Waals surface area contributed by atoms with E-state index in [-0.39, 0.29) is 6.61 Å². The van der Waals surface area contributed by atoms with E-state index in [0.717, 1.165) is 31.9 Å². The van der Waals surface area contributed by atoms with Crippen LogP contribution >= 0.6 is 0 Å². The predicted octanol–water partition coefficient (Wildman–Crippen LogP) is -1.27. The van der Waals surface area contributed by atoms with Gasteiger partial charge in [0.05, 0.1) is 6.61 Å². The van der Waals surface area contributed by atoms with Crippen LogP contribution < -0.4 is 11.1 Å². The molecule has 0 unspecified atom stereocenters. The Balaban J connectivity index is 2.48. The molecule has 4 N–H and O–H groups in total. The molecule has 0 bridgehead atoms. The average molecular weight is 171 g/mol. The second kappa shape index (κ2) is 5.13. The molecule has 0 aromatic carbocycles. The lowest BCUT2D eigenvalue weighted by Gasteiger charge is -2.31. The summed E-state index contributed by atoms with van der Waals surface area (Å²) in [6, 6.07) is 0. The summed E-state index contributed by atoms with van der Waals surface area (Å²) in [5.74, 6) is 0. The van der Waals surface area contributed by atoms with Crippen molar-refractivity contribution in [2.24, 2.45) is 5.73 Å². The molecule has 1 rings (SSSR count). The van der Waals surface area contributed by atoms with Crippen molar-refractivity contribution in [2.75, 3.05) is 39.3 Å². The van der Waals surface area contributed by atoms with Crippen molar-refractivity contribution in [3.05, 3.63) is 11.8 Å². The average Bonchev–Trinajstić information content (AvgIpc) is 2.09. The summed E-state index contributed by atoms with van der Waals surface area (Å²) in [4.78, 5) is 2.22. The van der Waals surface area contributed by atoms with Crippen LogP contribution in [0.2, 0.25) is 0 Å². The molecule has 1 aliphatic heterocycles. The highest BCUT2D eigenvalue weighted by Crippen LogP contribution is 2.05. The molecular formula is C8H17N3O. The standard InChI is InChI=1S/C8H17N3O/c9-2-4-11-5-3-10-7-8(11)1-6-12/h1,10,12H,2-7,9H2. The number of aliphatic hydroxyl groups is 1. The van der Waals surface area contributed by atoms with E-state index < -0.39 is 0 Å². The minimum absolute atomic E-state index is 0.109. The molecule has 1 fully saturated rings. The number of hydrogen-bond donors (Lipinski definition) is 3. The summed E-state index contributed by atoms with van der Waals surface area (Å²) in [6.07, 6.45) is 1.84. The van der Waals surface area contributed by atoms with Crippen molar-refractivity contribution >= 4 is 0 Å². The number of nitrogens with two attached hydrogens (primary N) is 1. The molecule has 12 heavy (non-hydrogen) atoms. The Morgan fingerprint density at radius 2 is 2.50 bits per heavy atom. The van der Waals surface area contributed by atoms with Crippen LogP contribution in [0.25, 0.3) is 0 Å². The van der Waals surface area contributed by atoms with Crippen molar-refractivity contribution in [3.63, 3.8) is 0 Å². The lowest BCUT2D eigenvalue weighted by atomic mass is 10.2. The molecule has 1 saturated heterocycles. The van der Waals surface area contributed by atoms with Gasteiger partial charge in [0.25, 0.3) is 0 Å². The highest BCUT2D eigenvalue weighted by atomic mass is 16.2. The van der Waals surface area contributed by atoms with E-state index in [9.17, 15) is 0 Å². The van der Waals surface area contributed by atoms with Gasteiger partial charge in [-0.3, -0.25) is 0 Å². The molecule has 0 spiro atoms. The van der Waals surface area contributed by atoms with Gasteiger partial charge >= 0.3 is 0 Å². The zero-order chi connectivity index (χ0) is 8.81. The maximum atomic E-state index is 8.74. The number of nitrogens with zero attached hydrogens (tertiary/aromatic N) is 1. The Kier molecular flexibility index (Phi) is 4.07. The first-order valence-corrected chi connectivity index (χ1v) is 4.34. The van der Waals surface area contributed by atoms with Gasteiger partial charge in [-0.05, 0) is 6.08 Å². The van der Waals surface area contributed by atoms with E-state index in [4.69, 9.17) is 10.8 Å². The van der Waals surface area contributed by atoms with Crippen LogP contribution in [0.15, 0.2) is 11.8 Å². The summed E-state index contributed by atoms with van der Waals surface area (Å²) in [7, 11) is 0. The monoisotopic (exact) mass is 171 g/mol. The Morgan fingerprint density at radius 3 is 3.17 bits per heavy atom. The van der Waals surface area contributed by atoms with E-state index in [0.29, 0.717) is 6.54 Å². The minimum atomic E-state index is 0.109. The smallest absolute Gasteiger partial charge is 0.0632 e. The Hall–Kier alpha value is -0.580. The Morgan fingerprint density at radius 1 is 1.67 bits per heavy atom. The summed E-state index contributed by atoms with van der Waals surface area (Å²) < 4.78 is 0. The van der Waals surface area contributed by atoms with E-state index in [1.165, 1.54) is 0 Å². The van der Waals surface area contributed by atoms with Gasteiger partial charge in [0.2, 0.25) is 0 Å². The van der Waals surface area contributed by atoms with Crippen LogP contribution in [0.3, 0.4) is 0 Å². The predicted molar refractivity (Wildman–Crippen MR) is 48.7 cm³/mol. The second-order valence-electron chi connectivity index (χ2n) is 2.83. The molecule has 1 heterocycles. The zero-order valence-corrected chi connectivity index (χ0v) is 7.29. The van der Waals surface area contributed by atoms with Gasteiger partial charge < -0.3 is 21.1 Å². The largest absolute Gasteiger partial charge is 0.392 e. The van der Waals surface area contributed by atoms with Crippen molar-refractivity contribution in [1.29, 1.82) is 0 Å². The number of nitrogens with one attached hydrogen (secondary N) is 1. The summed E-state index contributed by atoms with van der Waals surface area (Å²) in [5.41, 5.74) is 6.63. The minimum Gasteiger partial charge on any atom is -0.392 e. The molecule has 0 amide bonds. The molecule has 4 nitrogen and oxygen atoms in total. The highest BCUT2D eigenvalue weighted by Gasteiger charge is 2.12. The number of piperazine rings is 1. The van der Waals surface area contributed by atoms with Crippen LogP contribution in [-0.4, -0.2) is 49.3 Å². The van der Waals surface area contributed by atoms with E-state index in [2.05, 4.69) is 10.2 Å². The van der Waals surface area contributed by atoms with Gasteiger partial charge in [0, 0.05) is 38.4 Å². The van der Waals surface area contributed by atoms with E-state index >= 15 is 0 Å². The molecule has 0 atom stereocenters. The third-order valence-corrected chi connectivity index (χ3v) is 2.00. The van der Waals surface area contributed by atoms with Crippen molar-refractivity contribution < 1.29 is 5.11 Å². The van der Waals surface area contributed by atoms with Crippen LogP contribution in [0.1, 0.15) is 0 Å². The molecule has 0 saturated carbocycles. The quantitative estimate of drug-likeness (QED) is 0.495. The van der Waals surface area contributed by atoms with Crippen molar-refractivity contribution in [1.82, 2.24) is 10.2 Å². The lowest BCUT2D eigenvalue weighted by Crippen LogP contribution is -2.43. The third kappa shape index (κ3) is 2.48. The summed E-state index contributed by atoms with van der Waals surface area (Å²) in [6.45, 7) is 4.50. The van der Waals surface area contributed by atoms with Crippen molar-refractivity contribution in [2.45, 2.75) is 0 Å². The zero-order valence-electron chi connectivity index (χ0n) is 7.29. The first kappa shape index (κ1) is 9.51. The van der Waals surface area contributed by atoms with Gasteiger partial charge in [0.15, 0.2) is 0 Å².